The van der Waals surface area contributed by atoms with E-state index in [-0.39, 0.29) is 54.8 Å². The van der Waals surface area contributed by atoms with Crippen molar-refractivity contribution in [3.63, 3.8) is 0 Å². The lowest BCUT2D eigenvalue weighted by Gasteiger charge is -2.46. The number of methoxy groups -OCH3 is 3. The first kappa shape index (κ1) is 55.2. The fourth-order valence-corrected chi connectivity index (χ4v) is 10.4. The van der Waals surface area contributed by atoms with Gasteiger partial charge in [0, 0.05) is 58.5 Å². The predicted octanol–water partition coefficient (Wildman–Crippen LogP) is 6.57. The second-order valence-electron chi connectivity index (χ2n) is 20.2. The SMILES string of the molecule is CO[C@H]1C[C@@H]2CC[C@@H](C)[C@@](O)(O2)C(=O)C(=O)N2CCCC[C@@]2(C)C(=O)O[C@H]([C@H](C)C[C@@H]2CC[C@@H](O)[C@H](OC)C2)CC(=O)[C@H](C)/C=C(\C)[C@@H](O)[C@@H](OC)C(=O)[C@H](C)C[C@H](C)/C=C/C=CC=C1C. The van der Waals surface area contributed by atoms with Crippen LogP contribution in [0, 0.1) is 35.5 Å². The molecule has 15 atom stereocenters. The number of nitrogens with zero attached hydrogens (tertiary/aromatic N) is 1. The fraction of sp³-hybridized carbons (Fsp3) is 0.750. The van der Waals surface area contributed by atoms with E-state index in [1.807, 2.05) is 58.1 Å². The highest BCUT2D eigenvalue weighted by molar-refractivity contribution is 6.39. The molecule has 14 heteroatoms. The van der Waals surface area contributed by atoms with Gasteiger partial charge in [-0.15, -0.1) is 0 Å². The molecule has 0 aromatic carbocycles. The highest BCUT2D eigenvalue weighted by atomic mass is 16.6. The first-order valence-corrected chi connectivity index (χ1v) is 24.3. The van der Waals surface area contributed by atoms with Crippen molar-refractivity contribution >= 4 is 29.2 Å². The minimum Gasteiger partial charge on any atom is -0.460 e. The summed E-state index contributed by atoms with van der Waals surface area (Å²) in [6.45, 7) is 14.3. The topological polar surface area (TPSA) is 195 Å². The van der Waals surface area contributed by atoms with Gasteiger partial charge in [0.1, 0.15) is 29.6 Å². The minimum absolute atomic E-state index is 0.0171. The average molecular weight is 928 g/mol. The summed E-state index contributed by atoms with van der Waals surface area (Å²) >= 11 is 0. The van der Waals surface area contributed by atoms with Gasteiger partial charge in [0.15, 0.2) is 5.78 Å². The van der Waals surface area contributed by atoms with Crippen LogP contribution < -0.4 is 0 Å². The van der Waals surface area contributed by atoms with Crippen LogP contribution in [0.4, 0.5) is 0 Å². The second kappa shape index (κ2) is 24.8. The summed E-state index contributed by atoms with van der Waals surface area (Å²) in [5, 5.41) is 34.0. The number of hydrogen-bond acceptors (Lipinski definition) is 13. The molecule has 14 nitrogen and oxygen atoms in total. The van der Waals surface area contributed by atoms with E-state index in [0.29, 0.717) is 63.4 Å². The number of allylic oxidation sites excluding steroid dienone is 6. The average Bonchev–Trinajstić information content (AvgIpc) is 3.28. The molecule has 0 radical (unpaired) electrons. The number of fused-ring (bicyclic) bond motifs is 3. The number of ketones is 3. The third kappa shape index (κ3) is 13.7. The molecular weight excluding hydrogens is 847 g/mol. The van der Waals surface area contributed by atoms with Gasteiger partial charge in [0.2, 0.25) is 5.79 Å². The number of cyclic esters (lactones) is 1. The molecule has 1 amide bonds. The molecule has 2 bridgehead atoms. The number of piperidine rings is 1. The Balaban J connectivity index is 1.73. The van der Waals surface area contributed by atoms with Crippen LogP contribution in [0.15, 0.2) is 47.6 Å². The number of amides is 1. The number of carbonyl (C=O) groups excluding carboxylic acids is 5. The lowest BCUT2D eigenvalue weighted by molar-refractivity contribution is -0.266. The number of esters is 1. The number of rotatable bonds is 6. The number of ether oxygens (including phenoxy) is 5. The number of hydrogen-bond donors (Lipinski definition) is 3. The molecule has 3 heterocycles. The summed E-state index contributed by atoms with van der Waals surface area (Å²) in [6, 6.07) is 0. The van der Waals surface area contributed by atoms with E-state index < -0.39 is 83.4 Å². The van der Waals surface area contributed by atoms with Crippen LogP contribution in [-0.4, -0.2) is 131 Å². The summed E-state index contributed by atoms with van der Waals surface area (Å²) in [4.78, 5) is 72.6. The molecule has 3 fully saturated rings. The molecule has 372 valence electrons. The van der Waals surface area contributed by atoms with Gasteiger partial charge in [0.25, 0.3) is 11.7 Å². The molecule has 1 saturated carbocycles. The maximum atomic E-state index is 14.7. The van der Waals surface area contributed by atoms with Gasteiger partial charge in [-0.3, -0.25) is 19.2 Å². The molecule has 3 N–H and O–H groups in total. The van der Waals surface area contributed by atoms with Crippen molar-refractivity contribution in [3.8, 4) is 0 Å². The number of Topliss-reactive ketones (excluding diaryl/α,β-unsaturated/α-hetero) is 3. The summed E-state index contributed by atoms with van der Waals surface area (Å²) in [7, 11) is 4.52. The standard InChI is InChI=1S/C52H81NO13/c1-31-17-13-12-14-18-32(2)42(62-9)29-39-21-19-37(7)52(61,66-39)48(58)49(59)53-24-16-15-23-51(53,8)50(60)65-43(34(4)27-38-20-22-40(54)44(28-38)63-10)30-41(55)33(3)26-36(6)46(57)47(64-11)45(56)35(5)25-31/h12-14,17-18,26,31,33-35,37-40,42-44,46-47,54,57,61H,15-16,19-25,27-30H2,1-11H3/b14-12?,17-13+,32-18?,36-26+/t31-,33-,34-,35-,37-,38+,39+,40-,42+,43+,44-,46-,47+,51+,52-/m1/s1. The van der Waals surface area contributed by atoms with Gasteiger partial charge in [-0.05, 0) is 114 Å². The molecule has 3 aliphatic heterocycles. The fourth-order valence-electron chi connectivity index (χ4n) is 10.4. The predicted molar refractivity (Wildman–Crippen MR) is 250 cm³/mol. The first-order valence-electron chi connectivity index (χ1n) is 24.3. The van der Waals surface area contributed by atoms with E-state index >= 15 is 0 Å². The molecule has 4 aliphatic rings. The maximum absolute atomic E-state index is 14.7. The highest BCUT2D eigenvalue weighted by Gasteiger charge is 2.55. The Morgan fingerprint density at radius 2 is 1.58 bits per heavy atom. The second-order valence-corrected chi connectivity index (χ2v) is 20.2. The zero-order chi connectivity index (χ0) is 49.1. The van der Waals surface area contributed by atoms with E-state index in [2.05, 4.69) is 0 Å². The van der Waals surface area contributed by atoms with Gasteiger partial charge < -0.3 is 43.9 Å². The molecule has 66 heavy (non-hydrogen) atoms. The van der Waals surface area contributed by atoms with Crippen molar-refractivity contribution in [3.05, 3.63) is 47.6 Å². The van der Waals surface area contributed by atoms with Crippen molar-refractivity contribution in [2.75, 3.05) is 27.9 Å². The van der Waals surface area contributed by atoms with Crippen molar-refractivity contribution in [1.82, 2.24) is 4.90 Å². The maximum Gasteiger partial charge on any atom is 0.332 e. The Morgan fingerprint density at radius 3 is 2.24 bits per heavy atom. The number of aliphatic hydroxyl groups is 3. The lowest BCUT2D eigenvalue weighted by Crippen LogP contribution is -2.64. The summed E-state index contributed by atoms with van der Waals surface area (Å²) in [6.07, 6.45) is 11.0. The van der Waals surface area contributed by atoms with Crippen LogP contribution in [0.3, 0.4) is 0 Å². The van der Waals surface area contributed by atoms with Gasteiger partial charge in [-0.2, -0.15) is 0 Å². The third-order valence-electron chi connectivity index (χ3n) is 15.0. The smallest absolute Gasteiger partial charge is 0.332 e. The van der Waals surface area contributed by atoms with Crippen molar-refractivity contribution < 1.29 is 63.0 Å². The van der Waals surface area contributed by atoms with Crippen molar-refractivity contribution in [2.45, 2.75) is 186 Å². The summed E-state index contributed by atoms with van der Waals surface area (Å²) in [5.41, 5.74) is -0.343. The van der Waals surface area contributed by atoms with Crippen LogP contribution in [0.5, 0.6) is 0 Å². The Labute approximate surface area is 393 Å². The largest absolute Gasteiger partial charge is 0.460 e. The summed E-state index contributed by atoms with van der Waals surface area (Å²) in [5.74, 6) is -8.07. The van der Waals surface area contributed by atoms with Gasteiger partial charge >= 0.3 is 5.97 Å². The minimum atomic E-state index is -2.45. The van der Waals surface area contributed by atoms with Crippen LogP contribution in [0.1, 0.15) is 132 Å². The van der Waals surface area contributed by atoms with E-state index in [4.69, 9.17) is 23.7 Å². The van der Waals surface area contributed by atoms with E-state index in [0.717, 1.165) is 12.0 Å². The molecule has 2 saturated heterocycles. The zero-order valence-corrected chi connectivity index (χ0v) is 41.5. The Morgan fingerprint density at radius 1 is 0.864 bits per heavy atom. The van der Waals surface area contributed by atoms with E-state index in [9.17, 15) is 39.3 Å². The summed E-state index contributed by atoms with van der Waals surface area (Å²) < 4.78 is 29.5. The first-order chi connectivity index (χ1) is 31.1. The molecule has 1 aliphatic carbocycles. The van der Waals surface area contributed by atoms with Crippen LogP contribution >= 0.6 is 0 Å². The van der Waals surface area contributed by atoms with Crippen molar-refractivity contribution in [1.29, 1.82) is 0 Å². The van der Waals surface area contributed by atoms with Crippen LogP contribution in [-0.2, 0) is 47.7 Å². The molecule has 0 aromatic heterocycles. The molecule has 0 aromatic rings. The third-order valence-corrected chi connectivity index (χ3v) is 15.0. The Hall–Kier alpha value is -3.37. The van der Waals surface area contributed by atoms with Crippen LogP contribution in [0.25, 0.3) is 0 Å². The lowest BCUT2D eigenvalue weighted by atomic mass is 9.78. The van der Waals surface area contributed by atoms with Gasteiger partial charge in [-0.1, -0.05) is 71.1 Å². The Bertz CT molecular complexity index is 1810. The van der Waals surface area contributed by atoms with Crippen molar-refractivity contribution in [2.24, 2.45) is 35.5 Å². The van der Waals surface area contributed by atoms with Gasteiger partial charge in [0.05, 0.1) is 24.4 Å². The molecule has 0 unspecified atom stereocenters. The zero-order valence-electron chi connectivity index (χ0n) is 41.5. The number of carbonyl (C=O) groups is 5. The quantitative estimate of drug-likeness (QED) is 0.147. The highest BCUT2D eigenvalue weighted by Crippen LogP contribution is 2.39. The monoisotopic (exact) mass is 928 g/mol. The molecular formula is C52H81NO13. The van der Waals surface area contributed by atoms with E-state index in [1.165, 1.54) is 12.0 Å². The molecule has 4 rings (SSSR count). The Kier molecular flexibility index (Phi) is 20.7. The van der Waals surface area contributed by atoms with E-state index in [1.54, 1.807) is 48.0 Å². The number of aliphatic hydroxyl groups excluding tert-OH is 2. The van der Waals surface area contributed by atoms with Gasteiger partial charge in [-0.25, -0.2) is 4.79 Å². The normalized spacial score (nSPS) is 39.8. The van der Waals surface area contributed by atoms with Crippen LogP contribution in [0.2, 0.25) is 0 Å². The molecule has 0 spiro atoms.